The summed E-state index contributed by atoms with van der Waals surface area (Å²) in [6, 6.07) is 6.37. The van der Waals surface area contributed by atoms with Crippen LogP contribution in [0.4, 0.5) is 4.39 Å². The molecule has 0 aliphatic carbocycles. The highest BCUT2D eigenvalue weighted by Crippen LogP contribution is 2.29. The molecule has 2 atom stereocenters. The molecule has 0 saturated carbocycles. The van der Waals surface area contributed by atoms with Crippen LogP contribution in [0, 0.1) is 5.82 Å². The van der Waals surface area contributed by atoms with E-state index in [2.05, 4.69) is 10.4 Å². The standard InChI is InChI=1S/C16H20FN3OS/c1-20-9-13(8-19-20)15(12-3-2-4-14(17)7-12)18-10-16(21)5-6-22-11-16/h2-4,7-9,15,18,21H,5-6,10-11H2,1H3. The van der Waals surface area contributed by atoms with Gasteiger partial charge in [0, 0.05) is 31.1 Å². The lowest BCUT2D eigenvalue weighted by molar-refractivity contribution is 0.0658. The number of rotatable bonds is 5. The Morgan fingerprint density at radius 3 is 3.00 bits per heavy atom. The van der Waals surface area contributed by atoms with Gasteiger partial charge in [0.1, 0.15) is 5.82 Å². The highest BCUT2D eigenvalue weighted by molar-refractivity contribution is 7.99. The molecule has 2 heterocycles. The van der Waals surface area contributed by atoms with Gasteiger partial charge in [0.2, 0.25) is 0 Å². The topological polar surface area (TPSA) is 50.1 Å². The van der Waals surface area contributed by atoms with Gasteiger partial charge in [-0.15, -0.1) is 0 Å². The summed E-state index contributed by atoms with van der Waals surface area (Å²) < 4.78 is 15.3. The molecule has 3 rings (SSSR count). The van der Waals surface area contributed by atoms with Crippen LogP contribution >= 0.6 is 11.8 Å². The molecule has 0 radical (unpaired) electrons. The molecule has 22 heavy (non-hydrogen) atoms. The van der Waals surface area contributed by atoms with E-state index >= 15 is 0 Å². The van der Waals surface area contributed by atoms with Crippen LogP contribution in [0.1, 0.15) is 23.6 Å². The Balaban J connectivity index is 1.83. The first kappa shape index (κ1) is 15.5. The molecule has 0 spiro atoms. The number of benzene rings is 1. The first-order valence-electron chi connectivity index (χ1n) is 7.33. The van der Waals surface area contributed by atoms with Gasteiger partial charge < -0.3 is 10.4 Å². The molecule has 2 unspecified atom stereocenters. The van der Waals surface area contributed by atoms with E-state index in [1.165, 1.54) is 12.1 Å². The van der Waals surface area contributed by atoms with Crippen LogP contribution in [0.3, 0.4) is 0 Å². The van der Waals surface area contributed by atoms with Crippen LogP contribution in [0.5, 0.6) is 0 Å². The number of thioether (sulfide) groups is 1. The number of nitrogens with zero attached hydrogens (tertiary/aromatic N) is 2. The van der Waals surface area contributed by atoms with Gasteiger partial charge in [-0.05, 0) is 29.9 Å². The lowest BCUT2D eigenvalue weighted by Gasteiger charge is -2.26. The summed E-state index contributed by atoms with van der Waals surface area (Å²) in [5.74, 6) is 1.46. The van der Waals surface area contributed by atoms with E-state index in [1.807, 2.05) is 19.3 Å². The van der Waals surface area contributed by atoms with Crippen LogP contribution in [0.15, 0.2) is 36.7 Å². The van der Waals surface area contributed by atoms with Gasteiger partial charge in [-0.25, -0.2) is 4.39 Å². The van der Waals surface area contributed by atoms with Gasteiger partial charge in [0.15, 0.2) is 0 Å². The third-order valence-electron chi connectivity index (χ3n) is 3.96. The number of aromatic nitrogens is 2. The highest BCUT2D eigenvalue weighted by atomic mass is 32.2. The average Bonchev–Trinajstić information content (AvgIpc) is 3.09. The summed E-state index contributed by atoms with van der Waals surface area (Å²) in [5, 5.41) is 18.1. The van der Waals surface area contributed by atoms with Crippen molar-refractivity contribution in [2.45, 2.75) is 18.1 Å². The van der Waals surface area contributed by atoms with E-state index in [0.29, 0.717) is 6.54 Å². The first-order chi connectivity index (χ1) is 10.6. The fourth-order valence-electron chi connectivity index (χ4n) is 2.73. The smallest absolute Gasteiger partial charge is 0.123 e. The summed E-state index contributed by atoms with van der Waals surface area (Å²) in [4.78, 5) is 0. The predicted molar refractivity (Wildman–Crippen MR) is 86.3 cm³/mol. The molecule has 6 heteroatoms. The number of aryl methyl sites for hydroxylation is 1. The van der Waals surface area contributed by atoms with Crippen molar-refractivity contribution in [3.05, 3.63) is 53.6 Å². The Hall–Kier alpha value is -1.37. The second kappa shape index (κ2) is 6.40. The first-order valence-corrected chi connectivity index (χ1v) is 8.49. The van der Waals surface area contributed by atoms with Crippen molar-refractivity contribution in [1.29, 1.82) is 0 Å². The Labute approximate surface area is 133 Å². The van der Waals surface area contributed by atoms with Gasteiger partial charge >= 0.3 is 0 Å². The van der Waals surface area contributed by atoms with E-state index in [0.717, 1.165) is 29.1 Å². The van der Waals surface area contributed by atoms with Crippen molar-refractivity contribution in [1.82, 2.24) is 15.1 Å². The summed E-state index contributed by atoms with van der Waals surface area (Å²) >= 11 is 1.76. The molecule has 0 amide bonds. The molecule has 1 aliphatic heterocycles. The second-order valence-corrected chi connectivity index (χ2v) is 6.95. The summed E-state index contributed by atoms with van der Waals surface area (Å²) in [5.41, 5.74) is 1.11. The zero-order chi connectivity index (χ0) is 15.6. The molecular weight excluding hydrogens is 301 g/mol. The van der Waals surface area contributed by atoms with Gasteiger partial charge in [-0.1, -0.05) is 12.1 Å². The Kier molecular flexibility index (Phi) is 4.52. The van der Waals surface area contributed by atoms with Gasteiger partial charge in [-0.3, -0.25) is 4.68 Å². The number of hydrogen-bond donors (Lipinski definition) is 2. The Morgan fingerprint density at radius 1 is 1.50 bits per heavy atom. The van der Waals surface area contributed by atoms with Crippen molar-refractivity contribution >= 4 is 11.8 Å². The lowest BCUT2D eigenvalue weighted by atomic mass is 9.98. The summed E-state index contributed by atoms with van der Waals surface area (Å²) in [6.07, 6.45) is 4.47. The van der Waals surface area contributed by atoms with Crippen molar-refractivity contribution in [3.8, 4) is 0 Å². The van der Waals surface area contributed by atoms with E-state index in [1.54, 1.807) is 28.7 Å². The Bertz CT molecular complexity index is 640. The number of hydrogen-bond acceptors (Lipinski definition) is 4. The zero-order valence-electron chi connectivity index (χ0n) is 12.5. The molecule has 2 N–H and O–H groups in total. The van der Waals surface area contributed by atoms with Gasteiger partial charge in [-0.2, -0.15) is 16.9 Å². The molecule has 1 aromatic heterocycles. The van der Waals surface area contributed by atoms with Crippen molar-refractivity contribution in [3.63, 3.8) is 0 Å². The van der Waals surface area contributed by atoms with E-state index in [-0.39, 0.29) is 11.9 Å². The minimum atomic E-state index is -0.682. The molecule has 118 valence electrons. The quantitative estimate of drug-likeness (QED) is 0.885. The van der Waals surface area contributed by atoms with Crippen LogP contribution in [0.25, 0.3) is 0 Å². The molecule has 0 bridgehead atoms. The third kappa shape index (κ3) is 3.51. The number of aliphatic hydroxyl groups is 1. The molecule has 4 nitrogen and oxygen atoms in total. The van der Waals surface area contributed by atoms with Crippen molar-refractivity contribution < 1.29 is 9.50 Å². The average molecular weight is 321 g/mol. The van der Waals surface area contributed by atoms with E-state index in [4.69, 9.17) is 0 Å². The number of nitrogens with one attached hydrogen (secondary N) is 1. The molecular formula is C16H20FN3OS. The third-order valence-corrected chi connectivity index (χ3v) is 5.19. The minimum absolute atomic E-state index is 0.181. The fourth-order valence-corrected chi connectivity index (χ4v) is 4.03. The van der Waals surface area contributed by atoms with Crippen molar-refractivity contribution in [2.24, 2.45) is 7.05 Å². The maximum absolute atomic E-state index is 13.6. The van der Waals surface area contributed by atoms with Gasteiger partial charge in [0.05, 0.1) is 17.8 Å². The maximum Gasteiger partial charge on any atom is 0.123 e. The summed E-state index contributed by atoms with van der Waals surface area (Å²) in [6.45, 7) is 0.482. The van der Waals surface area contributed by atoms with Crippen molar-refractivity contribution in [2.75, 3.05) is 18.1 Å². The van der Waals surface area contributed by atoms with Crippen LogP contribution in [0.2, 0.25) is 0 Å². The van der Waals surface area contributed by atoms with E-state index < -0.39 is 5.60 Å². The summed E-state index contributed by atoms with van der Waals surface area (Å²) in [7, 11) is 1.85. The molecule has 1 fully saturated rings. The minimum Gasteiger partial charge on any atom is -0.388 e. The predicted octanol–water partition coefficient (Wildman–Crippen LogP) is 2.11. The maximum atomic E-state index is 13.6. The molecule has 2 aromatic rings. The number of halogens is 1. The Morgan fingerprint density at radius 2 is 2.36 bits per heavy atom. The highest BCUT2D eigenvalue weighted by Gasteiger charge is 2.32. The SMILES string of the molecule is Cn1cc(C(NCC2(O)CCSC2)c2cccc(F)c2)cn1. The van der Waals surface area contributed by atoms with Crippen LogP contribution < -0.4 is 5.32 Å². The normalized spacial score (nSPS) is 22.9. The van der Waals surface area contributed by atoms with Gasteiger partial charge in [0.25, 0.3) is 0 Å². The van der Waals surface area contributed by atoms with Crippen LogP contribution in [-0.2, 0) is 7.05 Å². The molecule has 1 saturated heterocycles. The molecule has 1 aromatic carbocycles. The van der Waals surface area contributed by atoms with E-state index in [9.17, 15) is 9.50 Å². The zero-order valence-corrected chi connectivity index (χ0v) is 13.3. The lowest BCUT2D eigenvalue weighted by Crippen LogP contribution is -2.42. The second-order valence-electron chi connectivity index (χ2n) is 5.84. The van der Waals surface area contributed by atoms with Crippen LogP contribution in [-0.4, -0.2) is 38.5 Å². The fraction of sp³-hybridized carbons (Fsp3) is 0.438. The monoisotopic (exact) mass is 321 g/mol. The largest absolute Gasteiger partial charge is 0.388 e. The molecule has 1 aliphatic rings.